The summed E-state index contributed by atoms with van der Waals surface area (Å²) in [5.74, 6) is 0.983. The van der Waals surface area contributed by atoms with Gasteiger partial charge in [0.15, 0.2) is 0 Å². The molecule has 16 heavy (non-hydrogen) atoms. The first-order valence-electron chi connectivity index (χ1n) is 5.30. The van der Waals surface area contributed by atoms with Gasteiger partial charge in [0.05, 0.1) is 12.0 Å². The van der Waals surface area contributed by atoms with Crippen LogP contribution in [0.2, 0.25) is 0 Å². The number of fused-ring (bicyclic) bond motifs is 2. The second-order valence-electron chi connectivity index (χ2n) is 3.84. The molecule has 0 unspecified atom stereocenters. The molecule has 0 N–H and O–H groups in total. The third-order valence-corrected chi connectivity index (χ3v) is 4.13. The van der Waals surface area contributed by atoms with Crippen molar-refractivity contribution in [1.82, 2.24) is 0 Å². The molecule has 2 heteroatoms. The quantitative estimate of drug-likeness (QED) is 0.627. The van der Waals surface area contributed by atoms with Gasteiger partial charge >= 0.3 is 0 Å². The maximum atomic E-state index is 5.41. The van der Waals surface area contributed by atoms with E-state index in [1.54, 1.807) is 7.11 Å². The highest BCUT2D eigenvalue weighted by molar-refractivity contribution is 7.99. The molecule has 0 aliphatic carbocycles. The fraction of sp³-hybridized carbons (Fsp3) is 0.143. The maximum absolute atomic E-state index is 5.41. The van der Waals surface area contributed by atoms with Crippen molar-refractivity contribution in [2.45, 2.75) is 16.2 Å². The normalized spacial score (nSPS) is 12.8. The molecule has 0 spiro atoms. The molecule has 0 saturated carbocycles. The van der Waals surface area contributed by atoms with Crippen LogP contribution >= 0.6 is 11.8 Å². The first kappa shape index (κ1) is 9.79. The number of rotatable bonds is 1. The lowest BCUT2D eigenvalue weighted by molar-refractivity contribution is 0.403. The summed E-state index contributed by atoms with van der Waals surface area (Å²) in [4.78, 5) is 2.61. The van der Waals surface area contributed by atoms with Gasteiger partial charge in [-0.3, -0.25) is 0 Å². The zero-order chi connectivity index (χ0) is 11.0. The highest BCUT2D eigenvalue weighted by Gasteiger charge is 2.18. The number of methoxy groups -OCH3 is 1. The molecule has 0 fully saturated rings. The molecule has 3 rings (SSSR count). The van der Waals surface area contributed by atoms with Gasteiger partial charge in [-0.05, 0) is 29.7 Å². The average Bonchev–Trinajstić information content (AvgIpc) is 2.35. The predicted octanol–water partition coefficient (Wildman–Crippen LogP) is 3.75. The number of hydrogen-bond acceptors (Lipinski definition) is 2. The Balaban J connectivity index is 2.12. The largest absolute Gasteiger partial charge is 0.496 e. The molecule has 2 aromatic rings. The van der Waals surface area contributed by atoms with Crippen molar-refractivity contribution in [2.75, 3.05) is 7.11 Å². The van der Waals surface area contributed by atoms with Gasteiger partial charge in [-0.25, -0.2) is 0 Å². The van der Waals surface area contributed by atoms with Crippen molar-refractivity contribution < 1.29 is 4.74 Å². The maximum Gasteiger partial charge on any atom is 0.133 e. The Morgan fingerprint density at radius 1 is 1.00 bits per heavy atom. The second-order valence-corrected chi connectivity index (χ2v) is 4.89. The van der Waals surface area contributed by atoms with Gasteiger partial charge in [-0.15, -0.1) is 0 Å². The lowest BCUT2D eigenvalue weighted by atomic mass is 10.0. The van der Waals surface area contributed by atoms with Crippen LogP contribution < -0.4 is 4.74 Å². The van der Waals surface area contributed by atoms with Gasteiger partial charge in [0.1, 0.15) is 5.75 Å². The molecule has 0 radical (unpaired) electrons. The van der Waals surface area contributed by atoms with Crippen molar-refractivity contribution in [3.05, 3.63) is 53.6 Å². The van der Waals surface area contributed by atoms with Crippen LogP contribution in [-0.4, -0.2) is 7.11 Å². The second kappa shape index (κ2) is 3.87. The molecular weight excluding hydrogens is 216 g/mol. The minimum atomic E-state index is 0.983. The minimum absolute atomic E-state index is 0.983. The van der Waals surface area contributed by atoms with Gasteiger partial charge in [0.2, 0.25) is 0 Å². The van der Waals surface area contributed by atoms with Crippen LogP contribution in [0.3, 0.4) is 0 Å². The molecule has 0 saturated heterocycles. The lowest BCUT2D eigenvalue weighted by Gasteiger charge is -2.20. The standard InChI is InChI=1S/C14H12OS/c1-15-12-7-4-6-11-9-10-5-2-3-8-13(10)16-14(11)12/h2-8H,9H2,1H3. The van der Waals surface area contributed by atoms with Crippen molar-refractivity contribution in [1.29, 1.82) is 0 Å². The molecule has 1 aliphatic rings. The van der Waals surface area contributed by atoms with Gasteiger partial charge in [-0.2, -0.15) is 0 Å². The number of hydrogen-bond donors (Lipinski definition) is 0. The lowest BCUT2D eigenvalue weighted by Crippen LogP contribution is -2.00. The summed E-state index contributed by atoms with van der Waals surface area (Å²) in [5, 5.41) is 0. The van der Waals surface area contributed by atoms with E-state index < -0.39 is 0 Å². The summed E-state index contributed by atoms with van der Waals surface area (Å²) >= 11 is 1.81. The Kier molecular flexibility index (Phi) is 2.37. The van der Waals surface area contributed by atoms with Gasteiger partial charge < -0.3 is 4.74 Å². The summed E-state index contributed by atoms with van der Waals surface area (Å²) in [7, 11) is 1.73. The smallest absolute Gasteiger partial charge is 0.133 e. The minimum Gasteiger partial charge on any atom is -0.496 e. The summed E-state index contributed by atoms with van der Waals surface area (Å²) in [6.45, 7) is 0. The van der Waals surface area contributed by atoms with Crippen molar-refractivity contribution in [2.24, 2.45) is 0 Å². The van der Waals surface area contributed by atoms with Crippen LogP contribution in [0.1, 0.15) is 11.1 Å². The Bertz CT molecular complexity index is 534. The number of ether oxygens (including phenoxy) is 1. The fourth-order valence-electron chi connectivity index (χ4n) is 2.04. The molecule has 1 nitrogen and oxygen atoms in total. The molecule has 1 heterocycles. The van der Waals surface area contributed by atoms with Crippen LogP contribution in [0.15, 0.2) is 52.3 Å². The van der Waals surface area contributed by atoms with E-state index in [0.29, 0.717) is 0 Å². The Morgan fingerprint density at radius 3 is 2.69 bits per heavy atom. The van der Waals surface area contributed by atoms with E-state index in [4.69, 9.17) is 4.74 Å². The molecule has 2 aromatic carbocycles. The van der Waals surface area contributed by atoms with E-state index in [1.165, 1.54) is 20.9 Å². The first-order valence-corrected chi connectivity index (χ1v) is 6.12. The summed E-state index contributed by atoms with van der Waals surface area (Å²) in [6.07, 6.45) is 1.01. The topological polar surface area (TPSA) is 9.23 Å². The average molecular weight is 228 g/mol. The third kappa shape index (κ3) is 1.50. The van der Waals surface area contributed by atoms with E-state index in [2.05, 4.69) is 36.4 Å². The van der Waals surface area contributed by atoms with Crippen LogP contribution in [0.5, 0.6) is 5.75 Å². The zero-order valence-electron chi connectivity index (χ0n) is 9.07. The highest BCUT2D eigenvalue weighted by atomic mass is 32.2. The summed E-state index contributed by atoms with van der Waals surface area (Å²) in [6, 6.07) is 14.8. The monoisotopic (exact) mass is 228 g/mol. The van der Waals surface area contributed by atoms with Crippen LogP contribution in [0.4, 0.5) is 0 Å². The summed E-state index contributed by atoms with van der Waals surface area (Å²) < 4.78 is 5.41. The van der Waals surface area contributed by atoms with E-state index in [-0.39, 0.29) is 0 Å². The molecular formula is C14H12OS. The SMILES string of the molecule is COc1cccc2c1Sc1ccccc1C2. The molecule has 0 amide bonds. The summed E-state index contributed by atoms with van der Waals surface area (Å²) in [5.41, 5.74) is 2.77. The molecule has 1 aliphatic heterocycles. The molecule has 80 valence electrons. The zero-order valence-corrected chi connectivity index (χ0v) is 9.88. The van der Waals surface area contributed by atoms with E-state index >= 15 is 0 Å². The predicted molar refractivity (Wildman–Crippen MR) is 66.4 cm³/mol. The van der Waals surface area contributed by atoms with Crippen molar-refractivity contribution in [3.63, 3.8) is 0 Å². The fourth-order valence-corrected chi connectivity index (χ4v) is 3.20. The van der Waals surface area contributed by atoms with Crippen molar-refractivity contribution >= 4 is 11.8 Å². The highest BCUT2D eigenvalue weighted by Crippen LogP contribution is 2.43. The van der Waals surface area contributed by atoms with Crippen LogP contribution in [0, 0.1) is 0 Å². The van der Waals surface area contributed by atoms with E-state index in [0.717, 1.165) is 12.2 Å². The molecule has 0 bridgehead atoms. The number of benzene rings is 2. The van der Waals surface area contributed by atoms with E-state index in [1.807, 2.05) is 17.8 Å². The van der Waals surface area contributed by atoms with Gasteiger partial charge in [0, 0.05) is 4.90 Å². The Labute approximate surface area is 99.4 Å². The third-order valence-electron chi connectivity index (χ3n) is 2.85. The van der Waals surface area contributed by atoms with Crippen LogP contribution in [0.25, 0.3) is 0 Å². The van der Waals surface area contributed by atoms with Crippen LogP contribution in [-0.2, 0) is 6.42 Å². The van der Waals surface area contributed by atoms with Crippen molar-refractivity contribution in [3.8, 4) is 5.75 Å². The van der Waals surface area contributed by atoms with Gasteiger partial charge in [0.25, 0.3) is 0 Å². The molecule has 0 aromatic heterocycles. The van der Waals surface area contributed by atoms with E-state index in [9.17, 15) is 0 Å². The van der Waals surface area contributed by atoms with Gasteiger partial charge in [-0.1, -0.05) is 42.1 Å². The first-order chi connectivity index (χ1) is 7.88. The Hall–Kier alpha value is -1.41. The molecule has 0 atom stereocenters. The Morgan fingerprint density at radius 2 is 1.81 bits per heavy atom.